The molecule has 9 aromatic carbocycles. The Kier molecular flexibility index (Phi) is 7.55. The van der Waals surface area contributed by atoms with E-state index < -0.39 is 0 Å². The number of hydrogen-bond donors (Lipinski definition) is 0. The second-order valence-corrected chi connectivity index (χ2v) is 15.7. The van der Waals surface area contributed by atoms with Crippen LogP contribution in [0.15, 0.2) is 194 Å². The first-order valence-electron chi connectivity index (χ1n) is 19.7. The zero-order valence-electron chi connectivity index (χ0n) is 31.9. The van der Waals surface area contributed by atoms with Gasteiger partial charge in [0.15, 0.2) is 5.82 Å². The highest BCUT2D eigenvalue weighted by Gasteiger charge is 2.37. The Bertz CT molecular complexity index is 3190. The Balaban J connectivity index is 0.994. The van der Waals surface area contributed by atoms with Gasteiger partial charge in [0.05, 0.1) is 11.4 Å². The topological polar surface area (TPSA) is 25.8 Å². The van der Waals surface area contributed by atoms with Gasteiger partial charge in [-0.2, -0.15) is 0 Å². The van der Waals surface area contributed by atoms with Gasteiger partial charge in [0, 0.05) is 22.1 Å². The normalized spacial score (nSPS) is 12.9. The van der Waals surface area contributed by atoms with Gasteiger partial charge in [-0.3, -0.25) is 0 Å². The van der Waals surface area contributed by atoms with Crippen LogP contribution in [0.1, 0.15) is 25.0 Å². The first kappa shape index (κ1) is 33.2. The van der Waals surface area contributed by atoms with Crippen LogP contribution in [-0.4, -0.2) is 9.97 Å². The maximum atomic E-state index is 5.23. The van der Waals surface area contributed by atoms with Crippen LogP contribution in [0.3, 0.4) is 0 Å². The van der Waals surface area contributed by atoms with Crippen molar-refractivity contribution in [1.29, 1.82) is 0 Å². The number of nitrogens with zero attached hydrogens (tertiary/aromatic N) is 2. The molecule has 0 aliphatic heterocycles. The number of aromatic nitrogens is 2. The summed E-state index contributed by atoms with van der Waals surface area (Å²) in [6, 6.07) is 70.1. The third-order valence-electron chi connectivity index (χ3n) is 12.1. The summed E-state index contributed by atoms with van der Waals surface area (Å²) in [5, 5.41) is 7.37. The van der Waals surface area contributed by atoms with Gasteiger partial charge in [0.25, 0.3) is 0 Å². The molecule has 0 N–H and O–H groups in total. The summed E-state index contributed by atoms with van der Waals surface area (Å²) in [7, 11) is 0. The molecule has 1 aliphatic carbocycles. The average molecular weight is 727 g/mol. The number of rotatable bonds is 5. The fraction of sp³-hybridized carbons (Fsp3) is 0.0545. The Morgan fingerprint density at radius 2 is 0.877 bits per heavy atom. The molecule has 0 radical (unpaired) electrons. The molecular weight excluding hydrogens is 689 g/mol. The van der Waals surface area contributed by atoms with E-state index in [0.717, 1.165) is 33.5 Å². The first-order chi connectivity index (χ1) is 28.0. The lowest BCUT2D eigenvalue weighted by Crippen LogP contribution is -2.15. The summed E-state index contributed by atoms with van der Waals surface area (Å²) < 4.78 is 0. The Morgan fingerprint density at radius 3 is 1.63 bits per heavy atom. The third-order valence-corrected chi connectivity index (χ3v) is 12.1. The predicted octanol–water partition coefficient (Wildman–Crippen LogP) is 14.6. The van der Waals surface area contributed by atoms with E-state index in [1.165, 1.54) is 71.4 Å². The van der Waals surface area contributed by atoms with Crippen LogP contribution < -0.4 is 0 Å². The number of fused-ring (bicyclic) bond motifs is 7. The molecule has 0 amide bonds. The molecule has 0 saturated carbocycles. The predicted molar refractivity (Wildman–Crippen MR) is 239 cm³/mol. The Hall–Kier alpha value is -7.16. The van der Waals surface area contributed by atoms with E-state index in [1.807, 2.05) is 18.2 Å². The van der Waals surface area contributed by atoms with E-state index in [0.29, 0.717) is 5.82 Å². The highest BCUT2D eigenvalue weighted by atomic mass is 14.9. The van der Waals surface area contributed by atoms with Crippen molar-refractivity contribution in [2.45, 2.75) is 19.3 Å². The molecule has 1 aliphatic rings. The molecule has 0 atom stereocenters. The largest absolute Gasteiger partial charge is 0.228 e. The molecule has 1 aromatic heterocycles. The van der Waals surface area contributed by atoms with Crippen LogP contribution in [0.4, 0.5) is 0 Å². The minimum atomic E-state index is -0.0620. The number of benzene rings is 9. The maximum Gasteiger partial charge on any atom is 0.160 e. The van der Waals surface area contributed by atoms with Crippen LogP contribution in [-0.2, 0) is 5.41 Å². The summed E-state index contributed by atoms with van der Waals surface area (Å²) >= 11 is 0. The lowest BCUT2D eigenvalue weighted by Gasteiger charge is -2.23. The average Bonchev–Trinajstić information content (AvgIpc) is 3.51. The molecule has 0 saturated heterocycles. The molecule has 0 spiro atoms. The third kappa shape index (κ3) is 5.40. The molecule has 1 heterocycles. The van der Waals surface area contributed by atoms with Crippen molar-refractivity contribution in [3.8, 4) is 67.3 Å². The molecule has 11 rings (SSSR count). The van der Waals surface area contributed by atoms with Crippen molar-refractivity contribution in [3.63, 3.8) is 0 Å². The van der Waals surface area contributed by atoms with Gasteiger partial charge in [-0.1, -0.05) is 196 Å². The van der Waals surface area contributed by atoms with Crippen LogP contribution in [0, 0.1) is 0 Å². The maximum absolute atomic E-state index is 5.23. The highest BCUT2D eigenvalue weighted by Crippen LogP contribution is 2.52. The fourth-order valence-electron chi connectivity index (χ4n) is 9.30. The first-order valence-corrected chi connectivity index (χ1v) is 19.7. The minimum Gasteiger partial charge on any atom is -0.228 e. The molecule has 2 heteroatoms. The van der Waals surface area contributed by atoms with Crippen LogP contribution in [0.5, 0.6) is 0 Å². The van der Waals surface area contributed by atoms with Gasteiger partial charge >= 0.3 is 0 Å². The van der Waals surface area contributed by atoms with E-state index in [2.05, 4.69) is 190 Å². The quantitative estimate of drug-likeness (QED) is 0.176. The summed E-state index contributed by atoms with van der Waals surface area (Å²) in [5.41, 5.74) is 15.3. The van der Waals surface area contributed by atoms with Crippen molar-refractivity contribution >= 4 is 32.3 Å². The summed E-state index contributed by atoms with van der Waals surface area (Å²) in [6.45, 7) is 4.73. The zero-order valence-corrected chi connectivity index (χ0v) is 31.9. The van der Waals surface area contributed by atoms with Gasteiger partial charge in [-0.25, -0.2) is 9.97 Å². The van der Waals surface area contributed by atoms with Gasteiger partial charge in [0.2, 0.25) is 0 Å². The summed E-state index contributed by atoms with van der Waals surface area (Å²) in [5.74, 6) is 0.715. The molecule has 0 fully saturated rings. The van der Waals surface area contributed by atoms with Gasteiger partial charge in [-0.15, -0.1) is 0 Å². The van der Waals surface area contributed by atoms with E-state index >= 15 is 0 Å². The Labute approximate surface area is 332 Å². The van der Waals surface area contributed by atoms with Crippen molar-refractivity contribution in [1.82, 2.24) is 9.97 Å². The molecule has 0 bridgehead atoms. The highest BCUT2D eigenvalue weighted by molar-refractivity contribution is 6.05. The molecule has 268 valence electrons. The van der Waals surface area contributed by atoms with Crippen molar-refractivity contribution in [2.75, 3.05) is 0 Å². The van der Waals surface area contributed by atoms with Crippen LogP contribution in [0.25, 0.3) is 99.6 Å². The summed E-state index contributed by atoms with van der Waals surface area (Å²) in [6.07, 6.45) is 0. The van der Waals surface area contributed by atoms with Crippen LogP contribution >= 0.6 is 0 Å². The molecule has 2 nitrogen and oxygen atoms in total. The second-order valence-electron chi connectivity index (χ2n) is 15.7. The van der Waals surface area contributed by atoms with E-state index in [-0.39, 0.29) is 5.41 Å². The zero-order chi connectivity index (χ0) is 38.1. The minimum absolute atomic E-state index is 0.0620. The van der Waals surface area contributed by atoms with Gasteiger partial charge < -0.3 is 0 Å². The monoisotopic (exact) mass is 726 g/mol. The molecule has 0 unspecified atom stereocenters. The SMILES string of the molecule is CC1(C)c2ccc(-c3ccc(-c4ccc(-c5cc(-c6cccc7ccccc67)nc(-c6ccccc6)n5)c5ccccc45)cc3)cc2-c2ccc3ccccc3c21. The van der Waals surface area contributed by atoms with E-state index in [9.17, 15) is 0 Å². The van der Waals surface area contributed by atoms with Crippen molar-refractivity contribution in [2.24, 2.45) is 0 Å². The molecule has 57 heavy (non-hydrogen) atoms. The lowest BCUT2D eigenvalue weighted by molar-refractivity contribution is 0.666. The van der Waals surface area contributed by atoms with Crippen molar-refractivity contribution < 1.29 is 0 Å². The van der Waals surface area contributed by atoms with E-state index in [1.54, 1.807) is 0 Å². The lowest BCUT2D eigenvalue weighted by atomic mass is 9.80. The number of hydrogen-bond acceptors (Lipinski definition) is 2. The van der Waals surface area contributed by atoms with Gasteiger partial charge in [0.1, 0.15) is 0 Å². The van der Waals surface area contributed by atoms with Crippen molar-refractivity contribution in [3.05, 3.63) is 205 Å². The molecule has 10 aromatic rings. The summed E-state index contributed by atoms with van der Waals surface area (Å²) in [4.78, 5) is 10.4. The smallest absolute Gasteiger partial charge is 0.160 e. The van der Waals surface area contributed by atoms with Gasteiger partial charge in [-0.05, 0) is 89.0 Å². The Morgan fingerprint density at radius 1 is 0.333 bits per heavy atom. The fourth-order valence-corrected chi connectivity index (χ4v) is 9.30. The standard InChI is InChI=1S/C55H38N2/c1-55(2)50-32-28-40(33-49(50)48-29-27-37-14-7-9-19-43(37)53(48)55)35-23-25-38(26-24-35)42-30-31-47(45-21-11-10-20-44(42)45)52-34-51(56-54(57-52)39-15-4-3-5-16-39)46-22-12-17-36-13-6-8-18-41(36)46/h3-34H,1-2H3. The second kappa shape index (κ2) is 13.0. The van der Waals surface area contributed by atoms with E-state index in [4.69, 9.17) is 9.97 Å². The molecular formula is C55H38N2. The van der Waals surface area contributed by atoms with Crippen LogP contribution in [0.2, 0.25) is 0 Å².